The van der Waals surface area contributed by atoms with Gasteiger partial charge in [-0.2, -0.15) is 23.5 Å². The lowest BCUT2D eigenvalue weighted by atomic mass is 9.70. The third kappa shape index (κ3) is 5.49. The van der Waals surface area contributed by atoms with Gasteiger partial charge < -0.3 is 15.2 Å². The minimum absolute atomic E-state index is 0.0322. The molecule has 0 aromatic carbocycles. The second-order valence-corrected chi connectivity index (χ2v) is 11.9. The molecule has 0 bridgehead atoms. The van der Waals surface area contributed by atoms with Crippen molar-refractivity contribution in [3.8, 4) is 17.3 Å². The lowest BCUT2D eigenvalue weighted by Crippen LogP contribution is -2.60. The van der Waals surface area contributed by atoms with E-state index in [-0.39, 0.29) is 17.3 Å². The topological polar surface area (TPSA) is 143 Å². The Labute approximate surface area is 245 Å². The first-order chi connectivity index (χ1) is 20.4. The lowest BCUT2D eigenvalue weighted by molar-refractivity contribution is -0.141. The maximum absolute atomic E-state index is 13.5. The number of alkyl halides is 3. The summed E-state index contributed by atoms with van der Waals surface area (Å²) in [6, 6.07) is 6.58. The number of nitriles is 1. The normalized spacial score (nSPS) is 22.8. The molecule has 4 aromatic heterocycles. The van der Waals surface area contributed by atoms with Gasteiger partial charge in [-0.3, -0.25) is 14.5 Å². The molecule has 5 heterocycles. The van der Waals surface area contributed by atoms with Crippen LogP contribution in [0.25, 0.3) is 22.3 Å². The lowest BCUT2D eigenvalue weighted by Gasteiger charge is -2.52. The number of aliphatic hydroxyl groups is 2. The number of fused-ring (bicyclic) bond motifs is 1. The molecule has 0 amide bonds. The Morgan fingerprint density at radius 3 is 2.58 bits per heavy atom. The molecule has 1 saturated carbocycles. The molecule has 6 rings (SSSR count). The number of hydrogen-bond donors (Lipinski definition) is 3. The van der Waals surface area contributed by atoms with Crippen LogP contribution in [-0.2, 0) is 17.3 Å². The number of aliphatic hydroxyl groups excluding tert-OH is 1. The molecule has 1 unspecified atom stereocenters. The van der Waals surface area contributed by atoms with E-state index in [4.69, 9.17) is 0 Å². The summed E-state index contributed by atoms with van der Waals surface area (Å²) in [4.78, 5) is 19.4. The van der Waals surface area contributed by atoms with Crippen LogP contribution in [0.5, 0.6) is 0 Å². The third-order valence-electron chi connectivity index (χ3n) is 8.65. The summed E-state index contributed by atoms with van der Waals surface area (Å²) in [6.45, 7) is 4.82. The number of H-pyrrole nitrogens is 1. The Balaban J connectivity index is 1.12. The minimum Gasteiger partial charge on any atom is -0.386 e. The van der Waals surface area contributed by atoms with Gasteiger partial charge in [0.05, 0.1) is 41.2 Å². The van der Waals surface area contributed by atoms with Crippen molar-refractivity contribution in [2.45, 2.75) is 62.7 Å². The first-order valence-electron chi connectivity index (χ1n) is 14.1. The van der Waals surface area contributed by atoms with Gasteiger partial charge in [-0.25, -0.2) is 15.0 Å². The maximum Gasteiger partial charge on any atom is 0.433 e. The van der Waals surface area contributed by atoms with Crippen LogP contribution in [0.15, 0.2) is 43.1 Å². The zero-order chi connectivity index (χ0) is 30.6. The van der Waals surface area contributed by atoms with Gasteiger partial charge in [0.25, 0.3) is 0 Å². The van der Waals surface area contributed by atoms with Gasteiger partial charge in [-0.15, -0.1) is 0 Å². The molecule has 11 nitrogen and oxygen atoms in total. The van der Waals surface area contributed by atoms with Gasteiger partial charge in [-0.1, -0.05) is 0 Å². The Morgan fingerprint density at radius 2 is 1.91 bits per heavy atom. The van der Waals surface area contributed by atoms with Crippen molar-refractivity contribution in [1.29, 1.82) is 5.26 Å². The van der Waals surface area contributed by atoms with Crippen LogP contribution in [0.2, 0.25) is 0 Å². The molecule has 1 aliphatic heterocycles. The van der Waals surface area contributed by atoms with Gasteiger partial charge in [0.15, 0.2) is 6.23 Å². The molecule has 3 N–H and O–H groups in total. The fraction of sp³-hybridized carbons (Fsp3) is 0.483. The van der Waals surface area contributed by atoms with Gasteiger partial charge in [-0.05, 0) is 50.5 Å². The summed E-state index contributed by atoms with van der Waals surface area (Å²) in [6.07, 6.45) is 2.68. The van der Waals surface area contributed by atoms with E-state index >= 15 is 0 Å². The Hall–Kier alpha value is -3.90. The van der Waals surface area contributed by atoms with Crippen LogP contribution in [0.4, 0.5) is 13.2 Å². The molecular weight excluding hydrogens is 563 g/mol. The summed E-state index contributed by atoms with van der Waals surface area (Å²) in [5.41, 5.74) is -0.910. The predicted molar refractivity (Wildman–Crippen MR) is 149 cm³/mol. The van der Waals surface area contributed by atoms with Crippen LogP contribution in [0.1, 0.15) is 56.3 Å². The Bertz CT molecular complexity index is 1620. The fourth-order valence-corrected chi connectivity index (χ4v) is 6.16. The predicted octanol–water partition coefficient (Wildman–Crippen LogP) is 3.54. The van der Waals surface area contributed by atoms with Crippen molar-refractivity contribution in [1.82, 2.24) is 39.5 Å². The second-order valence-electron chi connectivity index (χ2n) is 11.9. The minimum atomic E-state index is -4.72. The zero-order valence-electron chi connectivity index (χ0n) is 23.8. The number of aromatic amines is 1. The van der Waals surface area contributed by atoms with Crippen molar-refractivity contribution >= 4 is 11.0 Å². The largest absolute Gasteiger partial charge is 0.433 e. The summed E-state index contributed by atoms with van der Waals surface area (Å²) in [5.74, 6) is 0. The molecule has 1 atom stereocenters. The molecule has 43 heavy (non-hydrogen) atoms. The van der Waals surface area contributed by atoms with E-state index in [1.54, 1.807) is 11.1 Å². The molecule has 4 aromatic rings. The average molecular weight is 596 g/mol. The number of aromatic nitrogens is 6. The highest BCUT2D eigenvalue weighted by molar-refractivity contribution is 5.90. The SMILES string of the molecule is CC(C)(O)c1cc(C(O)N2CCN([C@H]3C[C@](CC#N)(n4cc(-c5ncnc6[nH]ccc56)cn4)C3)CC2)nc(C(F)(F)F)c1. The van der Waals surface area contributed by atoms with Crippen molar-refractivity contribution < 1.29 is 23.4 Å². The first-order valence-corrected chi connectivity index (χ1v) is 14.1. The Kier molecular flexibility index (Phi) is 7.24. The average Bonchev–Trinajstić information content (AvgIpc) is 3.64. The van der Waals surface area contributed by atoms with Gasteiger partial charge >= 0.3 is 6.18 Å². The molecule has 1 saturated heterocycles. The standard InChI is InChI=1S/C29H32F3N9O2/c1-27(2,43)19-11-22(38-23(12-19)29(30,31)32)26(42)40-9-7-39(8-10-40)20-13-28(14-20,4-5-33)41-16-18(15-37-41)24-21-3-6-34-25(21)36-17-35-24/h3,6,11-12,15-17,20,26,42-43H,4,7-10,13-14H2,1-2H3,(H,34,35,36)/t20-,26?,28-. The van der Waals surface area contributed by atoms with Crippen molar-refractivity contribution in [3.05, 3.63) is 60.1 Å². The number of nitrogens with zero attached hydrogens (tertiary/aromatic N) is 8. The van der Waals surface area contributed by atoms with E-state index in [1.807, 2.05) is 23.1 Å². The monoisotopic (exact) mass is 595 g/mol. The number of pyridine rings is 1. The molecule has 226 valence electrons. The molecule has 14 heteroatoms. The van der Waals surface area contributed by atoms with Crippen molar-refractivity contribution in [2.24, 2.45) is 0 Å². The highest BCUT2D eigenvalue weighted by Gasteiger charge is 2.49. The first kappa shape index (κ1) is 29.2. The second kappa shape index (κ2) is 10.7. The Morgan fingerprint density at radius 1 is 1.16 bits per heavy atom. The number of rotatable bonds is 7. The highest BCUT2D eigenvalue weighted by Crippen LogP contribution is 2.45. The fourth-order valence-electron chi connectivity index (χ4n) is 6.16. The molecule has 2 fully saturated rings. The molecule has 2 aliphatic rings. The molecular formula is C29H32F3N9O2. The van der Waals surface area contributed by atoms with Gasteiger partial charge in [0, 0.05) is 55.6 Å². The van der Waals surface area contributed by atoms with E-state index in [1.165, 1.54) is 26.2 Å². The van der Waals surface area contributed by atoms with Gasteiger partial charge in [0.2, 0.25) is 0 Å². The van der Waals surface area contributed by atoms with Crippen LogP contribution >= 0.6 is 0 Å². The van der Waals surface area contributed by atoms with Crippen molar-refractivity contribution in [2.75, 3.05) is 26.2 Å². The third-order valence-corrected chi connectivity index (χ3v) is 8.65. The van der Waals surface area contributed by atoms with Crippen LogP contribution < -0.4 is 0 Å². The summed E-state index contributed by atoms with van der Waals surface area (Å²) < 4.78 is 42.5. The van der Waals surface area contributed by atoms with Gasteiger partial charge in [0.1, 0.15) is 17.7 Å². The molecule has 1 aliphatic carbocycles. The molecule has 0 radical (unpaired) electrons. The summed E-state index contributed by atoms with van der Waals surface area (Å²) >= 11 is 0. The number of piperazine rings is 1. The van der Waals surface area contributed by atoms with E-state index in [2.05, 4.69) is 36.0 Å². The van der Waals surface area contributed by atoms with E-state index in [0.29, 0.717) is 32.6 Å². The maximum atomic E-state index is 13.5. The smallest absolute Gasteiger partial charge is 0.386 e. The van der Waals surface area contributed by atoms with E-state index in [0.717, 1.165) is 41.2 Å². The summed E-state index contributed by atoms with van der Waals surface area (Å²) in [7, 11) is 0. The number of hydrogen-bond acceptors (Lipinski definition) is 9. The highest BCUT2D eigenvalue weighted by atomic mass is 19.4. The zero-order valence-corrected chi connectivity index (χ0v) is 23.8. The van der Waals surface area contributed by atoms with Crippen LogP contribution in [-0.4, -0.2) is 82.0 Å². The quantitative estimate of drug-likeness (QED) is 0.292. The van der Waals surface area contributed by atoms with E-state index in [9.17, 15) is 28.6 Å². The number of halogens is 3. The van der Waals surface area contributed by atoms with Crippen LogP contribution in [0.3, 0.4) is 0 Å². The van der Waals surface area contributed by atoms with Crippen LogP contribution in [0, 0.1) is 11.3 Å². The number of nitrogens with one attached hydrogen (secondary N) is 1. The van der Waals surface area contributed by atoms with Crippen molar-refractivity contribution in [3.63, 3.8) is 0 Å². The molecule has 0 spiro atoms. The summed E-state index contributed by atoms with van der Waals surface area (Å²) in [5, 5.41) is 36.5. The van der Waals surface area contributed by atoms with E-state index < -0.39 is 29.2 Å².